The molecule has 0 heterocycles. The Morgan fingerprint density at radius 1 is 1.03 bits per heavy atom. The van der Waals surface area contributed by atoms with E-state index in [1.165, 1.54) is 17.5 Å². The molecule has 0 saturated heterocycles. The van der Waals surface area contributed by atoms with Crippen molar-refractivity contribution in [3.63, 3.8) is 0 Å². The number of nitrogens with one attached hydrogen (secondary N) is 2. The molecule has 148 valence electrons. The SMILES string of the molecule is C=N/C(=C\C=N/CC#N)C1(NNc2ccc(-c3ccccc3)cc2)CCCCC1. The zero-order valence-corrected chi connectivity index (χ0v) is 16.6. The fourth-order valence-corrected chi connectivity index (χ4v) is 3.75. The highest BCUT2D eigenvalue weighted by atomic mass is 15.4. The number of anilines is 1. The Kier molecular flexibility index (Phi) is 7.32. The molecule has 2 aromatic carbocycles. The van der Waals surface area contributed by atoms with E-state index in [2.05, 4.69) is 64.0 Å². The Labute approximate surface area is 172 Å². The van der Waals surface area contributed by atoms with Crippen LogP contribution < -0.4 is 10.9 Å². The fourth-order valence-electron chi connectivity index (χ4n) is 3.75. The van der Waals surface area contributed by atoms with Crippen LogP contribution in [0.3, 0.4) is 0 Å². The standard InChI is InChI=1S/C24H27N5/c1-26-23(14-18-27-19-17-25)24(15-6-3-7-16-24)29-28-22-12-10-21(11-13-22)20-8-4-2-5-9-20/h2,4-5,8-14,18,28-29H,1,3,6-7,15-16,19H2/b23-14-,27-18-. The average molecular weight is 386 g/mol. The number of allylic oxidation sites excluding steroid dienone is 1. The van der Waals surface area contributed by atoms with Crippen LogP contribution in [0.15, 0.2) is 76.4 Å². The number of rotatable bonds is 8. The summed E-state index contributed by atoms with van der Waals surface area (Å²) < 4.78 is 0. The molecule has 2 aromatic rings. The maximum atomic E-state index is 8.65. The predicted molar refractivity (Wildman–Crippen MR) is 121 cm³/mol. The lowest BCUT2D eigenvalue weighted by molar-refractivity contribution is 0.288. The lowest BCUT2D eigenvalue weighted by atomic mass is 9.79. The van der Waals surface area contributed by atoms with Gasteiger partial charge in [0.25, 0.3) is 0 Å². The molecule has 0 unspecified atom stereocenters. The van der Waals surface area contributed by atoms with Crippen molar-refractivity contribution in [1.82, 2.24) is 5.43 Å². The molecule has 0 radical (unpaired) electrons. The molecule has 0 atom stereocenters. The van der Waals surface area contributed by atoms with Gasteiger partial charge in [0.2, 0.25) is 0 Å². The van der Waals surface area contributed by atoms with Gasteiger partial charge in [-0.15, -0.1) is 0 Å². The highest BCUT2D eigenvalue weighted by Crippen LogP contribution is 2.35. The highest BCUT2D eigenvalue weighted by Gasteiger charge is 2.35. The van der Waals surface area contributed by atoms with Gasteiger partial charge in [-0.2, -0.15) is 5.26 Å². The number of aliphatic imine (C=N–C) groups is 2. The van der Waals surface area contributed by atoms with Gasteiger partial charge in [0.15, 0.2) is 0 Å². The quantitative estimate of drug-likeness (QED) is 0.375. The number of nitrogens with zero attached hydrogens (tertiary/aromatic N) is 3. The fraction of sp³-hybridized carbons (Fsp3) is 0.292. The van der Waals surface area contributed by atoms with Crippen LogP contribution in [0.2, 0.25) is 0 Å². The third-order valence-electron chi connectivity index (χ3n) is 5.31. The number of hydrogen-bond acceptors (Lipinski definition) is 5. The molecule has 0 amide bonds. The molecule has 1 aliphatic carbocycles. The van der Waals surface area contributed by atoms with Crippen molar-refractivity contribution >= 4 is 18.6 Å². The molecule has 5 heteroatoms. The Hall–Kier alpha value is -3.23. The van der Waals surface area contributed by atoms with E-state index in [1.807, 2.05) is 30.3 Å². The van der Waals surface area contributed by atoms with Gasteiger partial charge in [0, 0.05) is 11.9 Å². The number of hydrogen-bond donors (Lipinski definition) is 2. The predicted octanol–water partition coefficient (Wildman–Crippen LogP) is 5.15. The van der Waals surface area contributed by atoms with E-state index in [9.17, 15) is 0 Å². The zero-order chi connectivity index (χ0) is 20.4. The van der Waals surface area contributed by atoms with Crippen LogP contribution in [-0.4, -0.2) is 25.0 Å². The molecular weight excluding hydrogens is 358 g/mol. The first-order chi connectivity index (χ1) is 14.3. The topological polar surface area (TPSA) is 72.6 Å². The summed E-state index contributed by atoms with van der Waals surface area (Å²) >= 11 is 0. The van der Waals surface area contributed by atoms with Crippen LogP contribution in [0, 0.1) is 11.3 Å². The molecule has 2 N–H and O–H groups in total. The van der Waals surface area contributed by atoms with E-state index in [4.69, 9.17) is 5.26 Å². The molecule has 1 saturated carbocycles. The summed E-state index contributed by atoms with van der Waals surface area (Å²) in [4.78, 5) is 8.34. The van der Waals surface area contributed by atoms with Gasteiger partial charge in [-0.3, -0.25) is 9.98 Å². The second kappa shape index (κ2) is 10.4. The Balaban J connectivity index is 1.73. The third kappa shape index (κ3) is 5.40. The molecule has 0 aromatic heterocycles. The normalized spacial score (nSPS) is 16.3. The van der Waals surface area contributed by atoms with Crippen molar-refractivity contribution in [1.29, 1.82) is 5.26 Å². The van der Waals surface area contributed by atoms with E-state index in [0.717, 1.165) is 37.1 Å². The summed E-state index contributed by atoms with van der Waals surface area (Å²) in [5.74, 6) is 0. The van der Waals surface area contributed by atoms with Gasteiger partial charge in [-0.25, -0.2) is 5.43 Å². The first-order valence-corrected chi connectivity index (χ1v) is 10.0. The lowest BCUT2D eigenvalue weighted by Gasteiger charge is -2.38. The van der Waals surface area contributed by atoms with Crippen molar-refractivity contribution in [3.05, 3.63) is 66.4 Å². The van der Waals surface area contributed by atoms with Crippen LogP contribution in [0.1, 0.15) is 32.1 Å². The number of benzene rings is 2. The van der Waals surface area contributed by atoms with Gasteiger partial charge < -0.3 is 5.43 Å². The summed E-state index contributed by atoms with van der Waals surface area (Å²) in [6.07, 6.45) is 8.94. The van der Waals surface area contributed by atoms with Gasteiger partial charge in [0.05, 0.1) is 17.3 Å². The minimum Gasteiger partial charge on any atom is -0.321 e. The Morgan fingerprint density at radius 3 is 2.38 bits per heavy atom. The minimum atomic E-state index is -0.295. The second-order valence-corrected chi connectivity index (χ2v) is 7.19. The molecule has 0 aliphatic heterocycles. The van der Waals surface area contributed by atoms with Gasteiger partial charge >= 0.3 is 0 Å². The molecule has 3 rings (SSSR count). The number of nitriles is 1. The molecule has 29 heavy (non-hydrogen) atoms. The maximum Gasteiger partial charge on any atom is 0.126 e. The van der Waals surface area contributed by atoms with Crippen LogP contribution in [0.25, 0.3) is 11.1 Å². The number of hydrazine groups is 1. The molecule has 5 nitrogen and oxygen atoms in total. The average Bonchev–Trinajstić information content (AvgIpc) is 2.79. The van der Waals surface area contributed by atoms with Crippen LogP contribution in [-0.2, 0) is 0 Å². The summed E-state index contributed by atoms with van der Waals surface area (Å²) in [5, 5.41) is 8.65. The van der Waals surface area contributed by atoms with Crippen molar-refractivity contribution < 1.29 is 0 Å². The third-order valence-corrected chi connectivity index (χ3v) is 5.31. The highest BCUT2D eigenvalue weighted by molar-refractivity contribution is 5.73. The van der Waals surface area contributed by atoms with Crippen LogP contribution >= 0.6 is 0 Å². The summed E-state index contributed by atoms with van der Waals surface area (Å²) in [7, 11) is 0. The monoisotopic (exact) mass is 385 g/mol. The summed E-state index contributed by atoms with van der Waals surface area (Å²) in [6, 6.07) is 20.7. The molecule has 0 bridgehead atoms. The van der Waals surface area contributed by atoms with Gasteiger partial charge in [-0.1, -0.05) is 61.7 Å². The molecule has 1 fully saturated rings. The minimum absolute atomic E-state index is 0.146. The summed E-state index contributed by atoms with van der Waals surface area (Å²) in [5.41, 5.74) is 10.8. The van der Waals surface area contributed by atoms with Crippen molar-refractivity contribution in [2.75, 3.05) is 12.0 Å². The van der Waals surface area contributed by atoms with Crippen molar-refractivity contribution in [3.8, 4) is 17.2 Å². The van der Waals surface area contributed by atoms with Gasteiger partial charge in [-0.05, 0) is 48.9 Å². The van der Waals surface area contributed by atoms with Crippen LogP contribution in [0.4, 0.5) is 5.69 Å². The summed E-state index contributed by atoms with van der Waals surface area (Å²) in [6.45, 7) is 3.91. The van der Waals surface area contributed by atoms with Crippen molar-refractivity contribution in [2.45, 2.75) is 37.6 Å². The van der Waals surface area contributed by atoms with Crippen molar-refractivity contribution in [2.24, 2.45) is 9.98 Å². The van der Waals surface area contributed by atoms with E-state index in [1.54, 1.807) is 6.21 Å². The first kappa shape index (κ1) is 20.5. The smallest absolute Gasteiger partial charge is 0.126 e. The lowest BCUT2D eigenvalue weighted by Crippen LogP contribution is -2.50. The Morgan fingerprint density at radius 2 is 1.72 bits per heavy atom. The largest absolute Gasteiger partial charge is 0.321 e. The van der Waals surface area contributed by atoms with Gasteiger partial charge in [0.1, 0.15) is 6.54 Å². The Bertz CT molecular complexity index is 885. The zero-order valence-electron chi connectivity index (χ0n) is 16.6. The van der Waals surface area contributed by atoms with Crippen LogP contribution in [0.5, 0.6) is 0 Å². The molecule has 1 aliphatic rings. The first-order valence-electron chi connectivity index (χ1n) is 10.0. The maximum absolute atomic E-state index is 8.65. The van der Waals surface area contributed by atoms with E-state index in [-0.39, 0.29) is 12.1 Å². The van der Waals surface area contributed by atoms with E-state index >= 15 is 0 Å². The molecular formula is C24H27N5. The second-order valence-electron chi connectivity index (χ2n) is 7.19. The molecule has 0 spiro atoms. The van der Waals surface area contributed by atoms with E-state index < -0.39 is 0 Å². The van der Waals surface area contributed by atoms with E-state index in [0.29, 0.717) is 0 Å².